The predicted octanol–water partition coefficient (Wildman–Crippen LogP) is 4.85. The lowest BCUT2D eigenvalue weighted by Gasteiger charge is -2.17. The number of nitrogens with one attached hydrogen (secondary N) is 1. The Morgan fingerprint density at radius 3 is 2.53 bits per heavy atom. The summed E-state index contributed by atoms with van der Waals surface area (Å²) < 4.78 is 0.862. The van der Waals surface area contributed by atoms with Crippen molar-refractivity contribution in [2.75, 3.05) is 5.32 Å². The van der Waals surface area contributed by atoms with Crippen LogP contribution in [0.3, 0.4) is 0 Å². The van der Waals surface area contributed by atoms with E-state index >= 15 is 0 Å². The fraction of sp³-hybridized carbons (Fsp3) is 0.267. The van der Waals surface area contributed by atoms with E-state index < -0.39 is 0 Å². The molecular formula is C15H16BrClN2. The quantitative estimate of drug-likeness (QED) is 0.806. The first-order chi connectivity index (χ1) is 9.04. The number of aryl methyl sites for hydroxylation is 1. The normalized spacial score (nSPS) is 12.2. The molecule has 0 amide bonds. The van der Waals surface area contributed by atoms with Crippen molar-refractivity contribution < 1.29 is 0 Å². The third-order valence-electron chi connectivity index (χ3n) is 2.91. The second-order valence-electron chi connectivity index (χ2n) is 4.64. The van der Waals surface area contributed by atoms with Crippen LogP contribution in [0.1, 0.15) is 18.2 Å². The maximum absolute atomic E-state index is 5.89. The average Bonchev–Trinajstić information content (AvgIpc) is 2.36. The number of benzene rings is 1. The zero-order chi connectivity index (χ0) is 13.8. The Labute approximate surface area is 127 Å². The van der Waals surface area contributed by atoms with Gasteiger partial charge in [-0.05, 0) is 66.0 Å². The zero-order valence-electron chi connectivity index (χ0n) is 11.0. The van der Waals surface area contributed by atoms with Gasteiger partial charge in [-0.15, -0.1) is 0 Å². The zero-order valence-corrected chi connectivity index (χ0v) is 13.3. The minimum Gasteiger partial charge on any atom is -0.381 e. The Hall–Kier alpha value is -1.06. The average molecular weight is 340 g/mol. The van der Waals surface area contributed by atoms with Gasteiger partial charge in [-0.2, -0.15) is 0 Å². The second kappa shape index (κ2) is 6.40. The highest BCUT2D eigenvalue weighted by Gasteiger charge is 2.06. The van der Waals surface area contributed by atoms with Crippen molar-refractivity contribution in [3.63, 3.8) is 0 Å². The molecule has 0 aliphatic rings. The number of pyridine rings is 1. The number of nitrogens with zero attached hydrogens (tertiary/aromatic N) is 1. The third-order valence-corrected chi connectivity index (χ3v) is 3.60. The molecule has 1 heterocycles. The van der Waals surface area contributed by atoms with Crippen LogP contribution in [0.25, 0.3) is 0 Å². The molecule has 0 aliphatic carbocycles. The Balaban J connectivity index is 2.01. The molecule has 4 heteroatoms. The Bertz CT molecular complexity index is 555. The summed E-state index contributed by atoms with van der Waals surface area (Å²) in [6, 6.07) is 12.3. The van der Waals surface area contributed by atoms with Gasteiger partial charge in [0, 0.05) is 11.1 Å². The summed E-state index contributed by atoms with van der Waals surface area (Å²) in [4.78, 5) is 4.38. The van der Waals surface area contributed by atoms with E-state index in [9.17, 15) is 0 Å². The molecule has 1 atom stereocenters. The van der Waals surface area contributed by atoms with Crippen molar-refractivity contribution in [1.82, 2.24) is 4.98 Å². The Morgan fingerprint density at radius 1 is 1.21 bits per heavy atom. The van der Waals surface area contributed by atoms with Crippen LogP contribution in [0.5, 0.6) is 0 Å². The van der Waals surface area contributed by atoms with Gasteiger partial charge >= 0.3 is 0 Å². The van der Waals surface area contributed by atoms with Crippen LogP contribution in [0.4, 0.5) is 5.69 Å². The number of hydrogen-bond donors (Lipinski definition) is 1. The second-order valence-corrected chi connectivity index (χ2v) is 5.89. The summed E-state index contributed by atoms with van der Waals surface area (Å²) in [7, 11) is 0. The highest BCUT2D eigenvalue weighted by Crippen LogP contribution is 2.18. The van der Waals surface area contributed by atoms with E-state index in [-0.39, 0.29) is 0 Å². The van der Waals surface area contributed by atoms with Crippen LogP contribution >= 0.6 is 27.5 Å². The van der Waals surface area contributed by atoms with Crippen LogP contribution in [-0.4, -0.2) is 11.0 Å². The molecule has 1 unspecified atom stereocenters. The lowest BCUT2D eigenvalue weighted by atomic mass is 10.1. The molecule has 0 spiro atoms. The molecule has 0 bridgehead atoms. The SMILES string of the molecule is Cc1nc(Br)ccc1NC(C)Cc1ccc(Cl)cc1. The van der Waals surface area contributed by atoms with Crippen LogP contribution in [-0.2, 0) is 6.42 Å². The van der Waals surface area contributed by atoms with E-state index in [0.29, 0.717) is 6.04 Å². The lowest BCUT2D eigenvalue weighted by molar-refractivity contribution is 0.787. The minimum absolute atomic E-state index is 0.336. The maximum atomic E-state index is 5.89. The van der Waals surface area contributed by atoms with E-state index in [2.05, 4.69) is 45.3 Å². The molecule has 0 saturated heterocycles. The first kappa shape index (κ1) is 14.4. The molecule has 100 valence electrons. The lowest BCUT2D eigenvalue weighted by Crippen LogP contribution is -2.18. The van der Waals surface area contributed by atoms with Crippen molar-refractivity contribution in [3.8, 4) is 0 Å². The van der Waals surface area contributed by atoms with E-state index in [0.717, 1.165) is 27.4 Å². The van der Waals surface area contributed by atoms with Crippen LogP contribution in [0.2, 0.25) is 5.02 Å². The summed E-state index contributed by atoms with van der Waals surface area (Å²) in [6.45, 7) is 4.16. The molecule has 1 N–H and O–H groups in total. The van der Waals surface area contributed by atoms with Crippen LogP contribution in [0.15, 0.2) is 41.0 Å². The molecule has 0 saturated carbocycles. The maximum Gasteiger partial charge on any atom is 0.106 e. The third kappa shape index (κ3) is 4.22. The van der Waals surface area contributed by atoms with Gasteiger partial charge in [0.2, 0.25) is 0 Å². The van der Waals surface area contributed by atoms with Crippen molar-refractivity contribution in [2.24, 2.45) is 0 Å². The van der Waals surface area contributed by atoms with Crippen LogP contribution < -0.4 is 5.32 Å². The predicted molar refractivity (Wildman–Crippen MR) is 84.9 cm³/mol. The molecule has 0 aliphatic heterocycles. The number of aromatic nitrogens is 1. The molecule has 1 aromatic heterocycles. The molecule has 2 nitrogen and oxygen atoms in total. The number of halogens is 2. The minimum atomic E-state index is 0.336. The van der Waals surface area contributed by atoms with Crippen molar-refractivity contribution in [2.45, 2.75) is 26.3 Å². The summed E-state index contributed by atoms with van der Waals surface area (Å²) in [5.41, 5.74) is 3.34. The fourth-order valence-corrected chi connectivity index (χ4v) is 2.50. The van der Waals surface area contributed by atoms with Crippen molar-refractivity contribution in [1.29, 1.82) is 0 Å². The summed E-state index contributed by atoms with van der Waals surface area (Å²) >= 11 is 9.26. The fourth-order valence-electron chi connectivity index (χ4n) is 1.97. The van der Waals surface area contributed by atoms with Crippen molar-refractivity contribution in [3.05, 3.63) is 57.3 Å². The van der Waals surface area contributed by atoms with Gasteiger partial charge in [0.1, 0.15) is 4.60 Å². The standard InChI is InChI=1S/C15H16BrClN2/c1-10(9-12-3-5-13(17)6-4-12)18-14-7-8-15(16)19-11(14)2/h3-8,10,18H,9H2,1-2H3. The summed E-state index contributed by atoms with van der Waals surface area (Å²) in [6.07, 6.45) is 0.951. The molecular weight excluding hydrogens is 324 g/mol. The van der Waals surface area contributed by atoms with Gasteiger partial charge in [0.15, 0.2) is 0 Å². The monoisotopic (exact) mass is 338 g/mol. The number of anilines is 1. The molecule has 19 heavy (non-hydrogen) atoms. The first-order valence-electron chi connectivity index (χ1n) is 6.19. The topological polar surface area (TPSA) is 24.9 Å². The molecule has 0 radical (unpaired) electrons. The van der Waals surface area contributed by atoms with E-state index in [1.165, 1.54) is 5.56 Å². The van der Waals surface area contributed by atoms with E-state index in [4.69, 9.17) is 11.6 Å². The van der Waals surface area contributed by atoms with Crippen molar-refractivity contribution >= 4 is 33.2 Å². The largest absolute Gasteiger partial charge is 0.381 e. The summed E-state index contributed by atoms with van der Waals surface area (Å²) in [5, 5.41) is 4.26. The van der Waals surface area contributed by atoms with E-state index in [1.807, 2.05) is 31.2 Å². The number of hydrogen-bond acceptors (Lipinski definition) is 2. The smallest absolute Gasteiger partial charge is 0.106 e. The van der Waals surface area contributed by atoms with Gasteiger partial charge in [-0.3, -0.25) is 0 Å². The molecule has 1 aromatic carbocycles. The number of rotatable bonds is 4. The molecule has 2 rings (SSSR count). The van der Waals surface area contributed by atoms with E-state index in [1.54, 1.807) is 0 Å². The van der Waals surface area contributed by atoms with Gasteiger partial charge < -0.3 is 5.32 Å². The highest BCUT2D eigenvalue weighted by atomic mass is 79.9. The van der Waals surface area contributed by atoms with Gasteiger partial charge in [-0.25, -0.2) is 4.98 Å². The highest BCUT2D eigenvalue weighted by molar-refractivity contribution is 9.10. The van der Waals surface area contributed by atoms with Crippen LogP contribution in [0, 0.1) is 6.92 Å². The van der Waals surface area contributed by atoms with Gasteiger partial charge in [0.05, 0.1) is 11.4 Å². The van der Waals surface area contributed by atoms with Gasteiger partial charge in [0.25, 0.3) is 0 Å². The first-order valence-corrected chi connectivity index (χ1v) is 7.36. The Kier molecular flexibility index (Phi) is 4.83. The molecule has 0 fully saturated rings. The molecule has 2 aromatic rings. The summed E-state index contributed by atoms with van der Waals surface area (Å²) in [5.74, 6) is 0. The van der Waals surface area contributed by atoms with Gasteiger partial charge in [-0.1, -0.05) is 23.7 Å². The Morgan fingerprint density at radius 2 is 1.89 bits per heavy atom.